The van der Waals surface area contributed by atoms with Crippen LogP contribution in [0, 0.1) is 0 Å². The summed E-state index contributed by atoms with van der Waals surface area (Å²) < 4.78 is 0. The fourth-order valence-electron chi connectivity index (χ4n) is 1.40. The Bertz CT molecular complexity index is 385. The van der Waals surface area contributed by atoms with Crippen LogP contribution in [0.3, 0.4) is 0 Å². The molecule has 5 heteroatoms. The molecule has 0 radical (unpaired) electrons. The molecule has 0 aliphatic rings. The molecule has 1 rings (SSSR count). The van der Waals surface area contributed by atoms with E-state index in [4.69, 9.17) is 0 Å². The number of aromatic nitrogens is 2. The van der Waals surface area contributed by atoms with E-state index >= 15 is 0 Å². The topological polar surface area (TPSA) is 78.0 Å². The zero-order valence-corrected chi connectivity index (χ0v) is 9.29. The Hall–Kier alpha value is -1.36. The van der Waals surface area contributed by atoms with Gasteiger partial charge in [-0.15, -0.1) is 0 Å². The summed E-state index contributed by atoms with van der Waals surface area (Å²) in [6.45, 7) is 4.40. The van der Waals surface area contributed by atoms with Crippen molar-refractivity contribution in [2.75, 3.05) is 13.6 Å². The number of aromatic amines is 1. The number of nitrogens with one attached hydrogen (secondary N) is 2. The molecule has 0 atom stereocenters. The Morgan fingerprint density at radius 1 is 1.53 bits per heavy atom. The molecular formula is C10H17N3O2. The van der Waals surface area contributed by atoms with Crippen molar-refractivity contribution in [3.8, 4) is 5.88 Å². The van der Waals surface area contributed by atoms with Crippen LogP contribution < -0.4 is 10.9 Å². The second kappa shape index (κ2) is 4.93. The summed E-state index contributed by atoms with van der Waals surface area (Å²) in [5.74, 6) is 0.329. The predicted molar refractivity (Wildman–Crippen MR) is 58.2 cm³/mol. The third kappa shape index (κ3) is 2.79. The summed E-state index contributed by atoms with van der Waals surface area (Å²) in [7, 11) is 1.82. The molecule has 1 aromatic rings. The van der Waals surface area contributed by atoms with Gasteiger partial charge in [0.15, 0.2) is 0 Å². The van der Waals surface area contributed by atoms with Gasteiger partial charge in [-0.05, 0) is 13.0 Å². The number of hydrogen-bond acceptors (Lipinski definition) is 4. The minimum Gasteiger partial charge on any atom is -0.493 e. The molecule has 5 nitrogen and oxygen atoms in total. The van der Waals surface area contributed by atoms with Crippen molar-refractivity contribution >= 4 is 0 Å². The van der Waals surface area contributed by atoms with Crippen LogP contribution in [0.1, 0.15) is 31.2 Å². The van der Waals surface area contributed by atoms with Crippen molar-refractivity contribution in [2.45, 2.75) is 26.2 Å². The Morgan fingerprint density at radius 2 is 2.20 bits per heavy atom. The van der Waals surface area contributed by atoms with Crippen molar-refractivity contribution in [2.24, 2.45) is 0 Å². The van der Waals surface area contributed by atoms with E-state index < -0.39 is 0 Å². The van der Waals surface area contributed by atoms with Crippen LogP contribution in [-0.2, 0) is 6.42 Å². The summed E-state index contributed by atoms with van der Waals surface area (Å²) in [5, 5.41) is 12.5. The normalized spacial score (nSPS) is 10.9. The first kappa shape index (κ1) is 11.7. The molecule has 0 amide bonds. The van der Waals surface area contributed by atoms with Gasteiger partial charge in [-0.3, -0.25) is 4.79 Å². The molecule has 0 spiro atoms. The first-order valence-corrected chi connectivity index (χ1v) is 5.03. The van der Waals surface area contributed by atoms with E-state index in [0.717, 1.165) is 0 Å². The lowest BCUT2D eigenvalue weighted by molar-refractivity contribution is 0.435. The van der Waals surface area contributed by atoms with Crippen LogP contribution in [-0.4, -0.2) is 28.7 Å². The maximum absolute atomic E-state index is 11.6. The summed E-state index contributed by atoms with van der Waals surface area (Å²) in [4.78, 5) is 18.2. The van der Waals surface area contributed by atoms with Gasteiger partial charge in [0.1, 0.15) is 5.82 Å². The van der Waals surface area contributed by atoms with Crippen LogP contribution in [0.15, 0.2) is 4.79 Å². The molecule has 0 bridgehead atoms. The van der Waals surface area contributed by atoms with Crippen molar-refractivity contribution in [1.29, 1.82) is 0 Å². The monoisotopic (exact) mass is 211 g/mol. The molecule has 0 saturated heterocycles. The standard InChI is InChI=1S/C10H17N3O2/c1-6(2)8-9(14)12-7(4-5-11-3)13-10(8)15/h6,11H,4-5H2,1-3H3,(H2,12,13,14,15). The fraction of sp³-hybridized carbons (Fsp3) is 0.600. The number of likely N-dealkylation sites (N-methyl/N-ethyl adjacent to an activating group) is 1. The largest absolute Gasteiger partial charge is 0.493 e. The van der Waals surface area contributed by atoms with Crippen LogP contribution >= 0.6 is 0 Å². The smallest absolute Gasteiger partial charge is 0.258 e. The van der Waals surface area contributed by atoms with E-state index in [9.17, 15) is 9.90 Å². The molecule has 0 fully saturated rings. The highest BCUT2D eigenvalue weighted by molar-refractivity contribution is 5.25. The van der Waals surface area contributed by atoms with E-state index in [-0.39, 0.29) is 17.4 Å². The van der Waals surface area contributed by atoms with E-state index in [1.165, 1.54) is 0 Å². The summed E-state index contributed by atoms with van der Waals surface area (Å²) >= 11 is 0. The average Bonchev–Trinajstić information content (AvgIpc) is 2.12. The van der Waals surface area contributed by atoms with Crippen LogP contribution in [0.4, 0.5) is 0 Å². The van der Waals surface area contributed by atoms with Gasteiger partial charge in [0.2, 0.25) is 5.88 Å². The Balaban J connectivity index is 3.03. The first-order chi connectivity index (χ1) is 7.06. The van der Waals surface area contributed by atoms with E-state index in [1.54, 1.807) is 0 Å². The third-order valence-corrected chi connectivity index (χ3v) is 2.17. The van der Waals surface area contributed by atoms with Crippen LogP contribution in [0.2, 0.25) is 0 Å². The van der Waals surface area contributed by atoms with Gasteiger partial charge in [0.25, 0.3) is 5.56 Å². The predicted octanol–water partition coefficient (Wildman–Crippen LogP) is 0.361. The lowest BCUT2D eigenvalue weighted by Crippen LogP contribution is -2.20. The minimum absolute atomic E-state index is 0.0281. The molecular weight excluding hydrogens is 194 g/mol. The van der Waals surface area contributed by atoms with Crippen molar-refractivity contribution in [1.82, 2.24) is 15.3 Å². The molecule has 1 heterocycles. The van der Waals surface area contributed by atoms with Crippen molar-refractivity contribution < 1.29 is 5.11 Å². The van der Waals surface area contributed by atoms with Gasteiger partial charge in [0, 0.05) is 13.0 Å². The van der Waals surface area contributed by atoms with Crippen molar-refractivity contribution in [3.63, 3.8) is 0 Å². The zero-order valence-electron chi connectivity index (χ0n) is 9.29. The number of hydrogen-bond donors (Lipinski definition) is 3. The zero-order chi connectivity index (χ0) is 11.4. The van der Waals surface area contributed by atoms with Gasteiger partial charge < -0.3 is 15.4 Å². The Morgan fingerprint density at radius 3 is 2.67 bits per heavy atom. The summed E-state index contributed by atoms with van der Waals surface area (Å²) in [5.41, 5.74) is 0.104. The third-order valence-electron chi connectivity index (χ3n) is 2.17. The highest BCUT2D eigenvalue weighted by Gasteiger charge is 2.13. The average molecular weight is 211 g/mol. The molecule has 0 unspecified atom stereocenters. The Labute approximate surface area is 88.6 Å². The fourth-order valence-corrected chi connectivity index (χ4v) is 1.40. The SMILES string of the molecule is CNCCc1nc(O)c(C(C)C)c(=O)[nH]1. The molecule has 84 valence electrons. The maximum Gasteiger partial charge on any atom is 0.258 e. The maximum atomic E-state index is 11.6. The summed E-state index contributed by atoms with van der Waals surface area (Å²) in [6, 6.07) is 0. The highest BCUT2D eigenvalue weighted by Crippen LogP contribution is 2.18. The van der Waals surface area contributed by atoms with Gasteiger partial charge in [0.05, 0.1) is 5.56 Å². The molecule has 3 N–H and O–H groups in total. The molecule has 0 aliphatic carbocycles. The van der Waals surface area contributed by atoms with E-state index in [0.29, 0.717) is 24.4 Å². The number of rotatable bonds is 4. The lowest BCUT2D eigenvalue weighted by atomic mass is 10.1. The van der Waals surface area contributed by atoms with Gasteiger partial charge in [-0.2, -0.15) is 0 Å². The second-order valence-electron chi connectivity index (χ2n) is 3.76. The quantitative estimate of drug-likeness (QED) is 0.672. The van der Waals surface area contributed by atoms with Crippen LogP contribution in [0.5, 0.6) is 5.88 Å². The lowest BCUT2D eigenvalue weighted by Gasteiger charge is -2.07. The van der Waals surface area contributed by atoms with Gasteiger partial charge >= 0.3 is 0 Å². The van der Waals surface area contributed by atoms with Gasteiger partial charge in [-0.25, -0.2) is 4.98 Å². The van der Waals surface area contributed by atoms with E-state index in [2.05, 4.69) is 15.3 Å². The number of aromatic hydroxyl groups is 1. The van der Waals surface area contributed by atoms with Crippen molar-refractivity contribution in [3.05, 3.63) is 21.7 Å². The summed E-state index contributed by atoms with van der Waals surface area (Å²) in [6.07, 6.45) is 0.595. The molecule has 0 aromatic carbocycles. The van der Waals surface area contributed by atoms with E-state index in [1.807, 2.05) is 20.9 Å². The number of H-pyrrole nitrogens is 1. The van der Waals surface area contributed by atoms with Crippen LogP contribution in [0.25, 0.3) is 0 Å². The second-order valence-corrected chi connectivity index (χ2v) is 3.76. The van der Waals surface area contributed by atoms with Gasteiger partial charge in [-0.1, -0.05) is 13.8 Å². The first-order valence-electron chi connectivity index (χ1n) is 5.03. The number of nitrogens with zero attached hydrogens (tertiary/aromatic N) is 1. The molecule has 15 heavy (non-hydrogen) atoms. The molecule has 1 aromatic heterocycles. The highest BCUT2D eigenvalue weighted by atomic mass is 16.3. The molecule has 0 aliphatic heterocycles. The Kier molecular flexibility index (Phi) is 3.85. The minimum atomic E-state index is -0.247. The molecule has 0 saturated carbocycles.